The van der Waals surface area contributed by atoms with Gasteiger partial charge < -0.3 is 9.40 Å². The minimum absolute atomic E-state index is 0.0212. The van der Waals surface area contributed by atoms with Gasteiger partial charge in [-0.1, -0.05) is 29.4 Å². The van der Waals surface area contributed by atoms with E-state index in [1.165, 1.54) is 19.1 Å². The van der Waals surface area contributed by atoms with E-state index in [0.717, 1.165) is 33.9 Å². The van der Waals surface area contributed by atoms with Gasteiger partial charge in [-0.2, -0.15) is 0 Å². The molecule has 0 unspecified atom stereocenters. The van der Waals surface area contributed by atoms with Crippen LogP contribution >= 0.6 is 0 Å². The molecular weight excluding hydrogens is 382 g/mol. The number of non-ortho nitro benzene ring substituents is 1. The summed E-state index contributed by atoms with van der Waals surface area (Å²) < 4.78 is 2.24. The third-order valence-corrected chi connectivity index (χ3v) is 4.98. The molecule has 7 heteroatoms. The van der Waals surface area contributed by atoms with Gasteiger partial charge in [-0.25, -0.2) is 4.79 Å². The molecular formula is C23H19N3O4. The van der Waals surface area contributed by atoms with Gasteiger partial charge in [0.25, 0.3) is 5.69 Å². The summed E-state index contributed by atoms with van der Waals surface area (Å²) >= 11 is 0. The molecule has 3 aromatic carbocycles. The summed E-state index contributed by atoms with van der Waals surface area (Å²) in [6.07, 6.45) is 0. The van der Waals surface area contributed by atoms with Crippen molar-refractivity contribution in [1.82, 2.24) is 4.57 Å². The second-order valence-electron chi connectivity index (χ2n) is 6.82. The highest BCUT2D eigenvalue weighted by atomic mass is 16.7. The third kappa shape index (κ3) is 3.41. The molecule has 7 nitrogen and oxygen atoms in total. The number of oxime groups is 1. The molecule has 0 amide bonds. The fraction of sp³-hybridized carbons (Fsp3) is 0.130. The van der Waals surface area contributed by atoms with E-state index in [-0.39, 0.29) is 5.69 Å². The quantitative estimate of drug-likeness (QED) is 0.203. The van der Waals surface area contributed by atoms with Crippen molar-refractivity contribution in [3.05, 3.63) is 88.0 Å². The fourth-order valence-corrected chi connectivity index (χ4v) is 3.66. The van der Waals surface area contributed by atoms with Crippen molar-refractivity contribution in [3.63, 3.8) is 0 Å². The van der Waals surface area contributed by atoms with Crippen LogP contribution in [0.4, 0.5) is 5.69 Å². The van der Waals surface area contributed by atoms with Crippen molar-refractivity contribution in [2.45, 2.75) is 20.4 Å². The first-order valence-corrected chi connectivity index (χ1v) is 9.51. The van der Waals surface area contributed by atoms with E-state index >= 15 is 0 Å². The van der Waals surface area contributed by atoms with Crippen LogP contribution in [0.2, 0.25) is 0 Å². The fourth-order valence-electron chi connectivity index (χ4n) is 3.66. The first-order chi connectivity index (χ1) is 14.5. The van der Waals surface area contributed by atoms with Crippen LogP contribution in [0.5, 0.6) is 0 Å². The van der Waals surface area contributed by atoms with Crippen LogP contribution in [0.1, 0.15) is 25.0 Å². The number of nitrogens with zero attached hydrogens (tertiary/aromatic N) is 3. The standard InChI is InChI=1S/C23H19N3O4/c1-3-25-21-7-5-4-6-19(21)20-14-17(10-13-22(20)25)23(24-30-15(2)27)16-8-11-18(12-9-16)26(28)29/h4-14H,3H2,1-2H3. The molecule has 0 saturated carbocycles. The summed E-state index contributed by atoms with van der Waals surface area (Å²) in [6.45, 7) is 4.21. The lowest BCUT2D eigenvalue weighted by atomic mass is 10.00. The second-order valence-corrected chi connectivity index (χ2v) is 6.82. The Balaban J connectivity index is 1.90. The number of fused-ring (bicyclic) bond motifs is 3. The number of rotatable bonds is 5. The minimum Gasteiger partial charge on any atom is -0.341 e. The van der Waals surface area contributed by atoms with E-state index in [1.54, 1.807) is 12.1 Å². The SMILES string of the molecule is CCn1c2ccccc2c2cc(C(=NOC(C)=O)c3ccc([N+](=O)[O-])cc3)ccc21. The molecule has 30 heavy (non-hydrogen) atoms. The van der Waals surface area contributed by atoms with Crippen LogP contribution in [0.15, 0.2) is 71.9 Å². The number of hydrogen-bond acceptors (Lipinski definition) is 5. The number of aryl methyl sites for hydroxylation is 1. The van der Waals surface area contributed by atoms with Crippen LogP contribution in [-0.2, 0) is 16.2 Å². The molecule has 0 atom stereocenters. The number of nitro benzene ring substituents is 1. The molecule has 150 valence electrons. The number of carbonyl (C=O) groups is 1. The molecule has 0 fully saturated rings. The summed E-state index contributed by atoms with van der Waals surface area (Å²) in [7, 11) is 0. The van der Waals surface area contributed by atoms with Gasteiger partial charge in [-0.3, -0.25) is 10.1 Å². The van der Waals surface area contributed by atoms with E-state index < -0.39 is 10.9 Å². The lowest BCUT2D eigenvalue weighted by Gasteiger charge is -2.08. The Morgan fingerprint density at radius 1 is 1.00 bits per heavy atom. The number of aromatic nitrogens is 1. The maximum atomic E-state index is 11.4. The van der Waals surface area contributed by atoms with E-state index in [0.29, 0.717) is 11.3 Å². The van der Waals surface area contributed by atoms with Crippen molar-refractivity contribution < 1.29 is 14.6 Å². The maximum Gasteiger partial charge on any atom is 0.332 e. The number of nitro groups is 1. The largest absolute Gasteiger partial charge is 0.341 e. The molecule has 0 radical (unpaired) electrons. The van der Waals surface area contributed by atoms with Gasteiger partial charge in [0, 0.05) is 58.5 Å². The highest BCUT2D eigenvalue weighted by Gasteiger charge is 2.15. The molecule has 0 bridgehead atoms. The monoisotopic (exact) mass is 401 g/mol. The number of hydrogen-bond donors (Lipinski definition) is 0. The first kappa shape index (κ1) is 19.3. The van der Waals surface area contributed by atoms with E-state index in [1.807, 2.05) is 30.3 Å². The summed E-state index contributed by atoms with van der Waals surface area (Å²) in [5.74, 6) is -0.543. The average Bonchev–Trinajstić information content (AvgIpc) is 3.07. The van der Waals surface area contributed by atoms with Crippen molar-refractivity contribution in [1.29, 1.82) is 0 Å². The lowest BCUT2D eigenvalue weighted by molar-refractivity contribution is -0.384. The van der Waals surface area contributed by atoms with Crippen molar-refractivity contribution in [3.8, 4) is 0 Å². The Labute approximate surface area is 172 Å². The average molecular weight is 401 g/mol. The van der Waals surface area contributed by atoms with E-state index in [2.05, 4.69) is 28.8 Å². The maximum absolute atomic E-state index is 11.4. The molecule has 0 aliphatic carbocycles. The Hall–Kier alpha value is -4.00. The van der Waals surface area contributed by atoms with E-state index in [4.69, 9.17) is 4.84 Å². The molecule has 4 rings (SSSR count). The molecule has 0 aliphatic heterocycles. The normalized spacial score (nSPS) is 11.7. The Kier molecular flexibility index (Phi) is 5.02. The third-order valence-electron chi connectivity index (χ3n) is 4.98. The van der Waals surface area contributed by atoms with Gasteiger partial charge >= 0.3 is 5.97 Å². The summed E-state index contributed by atoms with van der Waals surface area (Å²) in [4.78, 5) is 26.8. The number of para-hydroxylation sites is 1. The van der Waals surface area contributed by atoms with Gasteiger partial charge in [0.1, 0.15) is 5.71 Å². The molecule has 0 N–H and O–H groups in total. The zero-order valence-corrected chi connectivity index (χ0v) is 16.5. The van der Waals surface area contributed by atoms with Gasteiger partial charge in [0.15, 0.2) is 0 Å². The molecule has 0 saturated heterocycles. The Morgan fingerprint density at radius 2 is 1.67 bits per heavy atom. The van der Waals surface area contributed by atoms with Gasteiger partial charge in [-0.05, 0) is 37.3 Å². The Bertz CT molecular complexity index is 1300. The van der Waals surface area contributed by atoms with Gasteiger partial charge in [0.2, 0.25) is 0 Å². The summed E-state index contributed by atoms with van der Waals surface area (Å²) in [6, 6.07) is 20.1. The zero-order valence-electron chi connectivity index (χ0n) is 16.5. The van der Waals surface area contributed by atoms with Crippen LogP contribution in [0.25, 0.3) is 21.8 Å². The van der Waals surface area contributed by atoms with Crippen molar-refractivity contribution in [2.24, 2.45) is 5.16 Å². The predicted molar refractivity (Wildman–Crippen MR) is 116 cm³/mol. The Morgan fingerprint density at radius 3 is 2.33 bits per heavy atom. The lowest BCUT2D eigenvalue weighted by Crippen LogP contribution is -2.06. The highest BCUT2D eigenvalue weighted by molar-refractivity contribution is 6.16. The first-order valence-electron chi connectivity index (χ1n) is 9.51. The van der Waals surface area contributed by atoms with Crippen LogP contribution in [0.3, 0.4) is 0 Å². The van der Waals surface area contributed by atoms with Gasteiger partial charge in [0.05, 0.1) is 4.92 Å². The van der Waals surface area contributed by atoms with Crippen LogP contribution in [-0.4, -0.2) is 21.2 Å². The number of carbonyl (C=O) groups excluding carboxylic acids is 1. The topological polar surface area (TPSA) is 86.7 Å². The molecule has 1 aromatic heterocycles. The predicted octanol–water partition coefficient (Wildman–Crippen LogP) is 5.04. The highest BCUT2D eigenvalue weighted by Crippen LogP contribution is 2.30. The molecule has 0 spiro atoms. The van der Waals surface area contributed by atoms with Gasteiger partial charge in [-0.15, -0.1) is 0 Å². The minimum atomic E-state index is -0.543. The number of benzene rings is 3. The molecule has 0 aliphatic rings. The molecule has 4 aromatic rings. The van der Waals surface area contributed by atoms with Crippen LogP contribution < -0.4 is 0 Å². The van der Waals surface area contributed by atoms with Crippen molar-refractivity contribution >= 4 is 39.2 Å². The van der Waals surface area contributed by atoms with E-state index in [9.17, 15) is 14.9 Å². The second kappa shape index (κ2) is 7.79. The smallest absolute Gasteiger partial charge is 0.332 e. The van der Waals surface area contributed by atoms with Crippen LogP contribution in [0, 0.1) is 10.1 Å². The summed E-state index contributed by atoms with van der Waals surface area (Å²) in [5, 5.41) is 17.2. The van der Waals surface area contributed by atoms with Crippen molar-refractivity contribution in [2.75, 3.05) is 0 Å². The summed E-state index contributed by atoms with van der Waals surface area (Å²) in [5.41, 5.74) is 4.00. The zero-order chi connectivity index (χ0) is 21.3. The molecule has 1 heterocycles.